The molecular formula is C15H28N2O3. The molecule has 1 atom stereocenters. The number of likely N-dealkylation sites (tertiary alicyclic amines) is 1. The summed E-state index contributed by atoms with van der Waals surface area (Å²) in [6.45, 7) is 10.2. The van der Waals surface area contributed by atoms with Crippen molar-refractivity contribution in [2.45, 2.75) is 53.0 Å². The van der Waals surface area contributed by atoms with Crippen molar-refractivity contribution in [3.63, 3.8) is 0 Å². The van der Waals surface area contributed by atoms with Crippen LogP contribution in [0.1, 0.15) is 47.0 Å². The first-order valence-electron chi connectivity index (χ1n) is 7.61. The molecule has 20 heavy (non-hydrogen) atoms. The third kappa shape index (κ3) is 4.69. The summed E-state index contributed by atoms with van der Waals surface area (Å²) in [5, 5.41) is 9.29. The van der Waals surface area contributed by atoms with E-state index in [1.54, 1.807) is 4.90 Å². The highest BCUT2D eigenvalue weighted by Crippen LogP contribution is 2.20. The Morgan fingerprint density at radius 2 is 1.70 bits per heavy atom. The van der Waals surface area contributed by atoms with Gasteiger partial charge in [-0.3, -0.25) is 0 Å². The lowest BCUT2D eigenvalue weighted by Gasteiger charge is -2.38. The van der Waals surface area contributed by atoms with Crippen LogP contribution >= 0.6 is 0 Å². The summed E-state index contributed by atoms with van der Waals surface area (Å²) >= 11 is 0. The van der Waals surface area contributed by atoms with Gasteiger partial charge in [-0.2, -0.15) is 0 Å². The fourth-order valence-corrected chi connectivity index (χ4v) is 2.71. The van der Waals surface area contributed by atoms with Gasteiger partial charge in [0.1, 0.15) is 6.04 Å². The lowest BCUT2D eigenvalue weighted by atomic mass is 10.0. The molecule has 0 radical (unpaired) electrons. The average Bonchev–Trinajstić information content (AvgIpc) is 2.36. The van der Waals surface area contributed by atoms with Crippen LogP contribution in [0.25, 0.3) is 0 Å². The van der Waals surface area contributed by atoms with Gasteiger partial charge in [-0.15, -0.1) is 0 Å². The second-order valence-electron chi connectivity index (χ2n) is 6.52. The van der Waals surface area contributed by atoms with Crippen molar-refractivity contribution in [1.29, 1.82) is 0 Å². The fourth-order valence-electron chi connectivity index (χ4n) is 2.71. The number of hydrogen-bond donors (Lipinski definition) is 1. The van der Waals surface area contributed by atoms with Crippen molar-refractivity contribution in [3.8, 4) is 0 Å². The highest BCUT2D eigenvalue weighted by Gasteiger charge is 2.34. The van der Waals surface area contributed by atoms with Crippen molar-refractivity contribution in [1.82, 2.24) is 9.80 Å². The van der Waals surface area contributed by atoms with Gasteiger partial charge >= 0.3 is 12.0 Å². The number of amides is 2. The molecule has 1 aliphatic rings. The Morgan fingerprint density at radius 3 is 2.15 bits per heavy atom. The Hall–Kier alpha value is -1.26. The van der Waals surface area contributed by atoms with Gasteiger partial charge in [0.15, 0.2) is 0 Å². The molecule has 1 heterocycles. The summed E-state index contributed by atoms with van der Waals surface area (Å²) in [6.07, 6.45) is 2.35. The summed E-state index contributed by atoms with van der Waals surface area (Å²) < 4.78 is 0. The Balaban J connectivity index is 2.82. The number of urea groups is 1. The Morgan fingerprint density at radius 1 is 1.15 bits per heavy atom. The molecule has 0 bridgehead atoms. The zero-order valence-electron chi connectivity index (χ0n) is 13.1. The van der Waals surface area contributed by atoms with Crippen LogP contribution in [-0.4, -0.2) is 52.6 Å². The van der Waals surface area contributed by atoms with Gasteiger partial charge in [-0.1, -0.05) is 27.7 Å². The van der Waals surface area contributed by atoms with E-state index in [9.17, 15) is 14.7 Å². The maximum Gasteiger partial charge on any atom is 0.326 e. The van der Waals surface area contributed by atoms with E-state index < -0.39 is 12.0 Å². The van der Waals surface area contributed by atoms with E-state index in [2.05, 4.69) is 27.7 Å². The van der Waals surface area contributed by atoms with Gasteiger partial charge in [0.25, 0.3) is 0 Å². The first-order chi connectivity index (χ1) is 9.32. The highest BCUT2D eigenvalue weighted by molar-refractivity contribution is 5.83. The highest BCUT2D eigenvalue weighted by atomic mass is 16.4. The van der Waals surface area contributed by atoms with Gasteiger partial charge in [-0.25, -0.2) is 9.59 Å². The molecule has 0 saturated carbocycles. The van der Waals surface area contributed by atoms with Gasteiger partial charge < -0.3 is 14.9 Å². The fraction of sp³-hybridized carbons (Fsp3) is 0.867. The topological polar surface area (TPSA) is 60.9 Å². The molecule has 1 saturated heterocycles. The maximum absolute atomic E-state index is 12.7. The monoisotopic (exact) mass is 284 g/mol. The smallest absolute Gasteiger partial charge is 0.326 e. The molecule has 0 aromatic heterocycles. The number of hydrogen-bond acceptors (Lipinski definition) is 2. The number of carbonyl (C=O) groups excluding carboxylic acids is 1. The zero-order chi connectivity index (χ0) is 15.3. The minimum absolute atomic E-state index is 0.112. The number of nitrogens with zero attached hydrogens (tertiary/aromatic N) is 2. The van der Waals surface area contributed by atoms with Crippen LogP contribution in [0.2, 0.25) is 0 Å². The molecule has 2 amide bonds. The van der Waals surface area contributed by atoms with Gasteiger partial charge in [0.05, 0.1) is 0 Å². The summed E-state index contributed by atoms with van der Waals surface area (Å²) in [4.78, 5) is 27.4. The number of carbonyl (C=O) groups is 2. The third-order valence-corrected chi connectivity index (χ3v) is 3.48. The minimum atomic E-state index is -0.882. The summed E-state index contributed by atoms with van der Waals surface area (Å²) in [5.74, 6) is -0.122. The van der Waals surface area contributed by atoms with Crippen LogP contribution < -0.4 is 0 Å². The van der Waals surface area contributed by atoms with E-state index in [0.29, 0.717) is 37.9 Å². The number of carboxylic acids is 1. The molecule has 5 heteroatoms. The van der Waals surface area contributed by atoms with E-state index in [0.717, 1.165) is 12.8 Å². The third-order valence-electron chi connectivity index (χ3n) is 3.48. The van der Waals surface area contributed by atoms with Crippen molar-refractivity contribution in [2.75, 3.05) is 19.6 Å². The maximum atomic E-state index is 12.7. The lowest BCUT2D eigenvalue weighted by Crippen LogP contribution is -2.54. The predicted octanol–water partition coefficient (Wildman–Crippen LogP) is 2.66. The van der Waals surface area contributed by atoms with E-state index in [-0.39, 0.29) is 6.03 Å². The van der Waals surface area contributed by atoms with Crippen molar-refractivity contribution < 1.29 is 14.7 Å². The summed E-state index contributed by atoms with van der Waals surface area (Å²) in [7, 11) is 0. The van der Waals surface area contributed by atoms with Crippen LogP contribution in [0.15, 0.2) is 0 Å². The van der Waals surface area contributed by atoms with Gasteiger partial charge in [0.2, 0.25) is 0 Å². The average molecular weight is 284 g/mol. The van der Waals surface area contributed by atoms with Crippen molar-refractivity contribution >= 4 is 12.0 Å². The second kappa shape index (κ2) is 7.50. The molecule has 1 rings (SSSR count). The first-order valence-corrected chi connectivity index (χ1v) is 7.61. The van der Waals surface area contributed by atoms with Gasteiger partial charge in [0, 0.05) is 19.6 Å². The summed E-state index contributed by atoms with van der Waals surface area (Å²) in [5.41, 5.74) is 0. The molecule has 116 valence electrons. The molecular weight excluding hydrogens is 256 g/mol. The van der Waals surface area contributed by atoms with Crippen molar-refractivity contribution in [3.05, 3.63) is 0 Å². The number of aliphatic carboxylic acids is 1. The summed E-state index contributed by atoms with van der Waals surface area (Å²) in [6, 6.07) is -0.766. The number of rotatable bonds is 5. The Labute approximate surface area is 121 Å². The molecule has 5 nitrogen and oxygen atoms in total. The predicted molar refractivity (Wildman–Crippen MR) is 78.6 cm³/mol. The SMILES string of the molecule is CC(C)CN(CC(C)C)C(=O)N1CCCCC1C(=O)O. The van der Waals surface area contributed by atoms with Crippen LogP contribution in [0.3, 0.4) is 0 Å². The minimum Gasteiger partial charge on any atom is -0.480 e. The largest absolute Gasteiger partial charge is 0.480 e. The van der Waals surface area contributed by atoms with E-state index in [1.165, 1.54) is 0 Å². The van der Waals surface area contributed by atoms with Crippen LogP contribution in [0, 0.1) is 11.8 Å². The second-order valence-corrected chi connectivity index (χ2v) is 6.52. The Kier molecular flexibility index (Phi) is 6.30. The van der Waals surface area contributed by atoms with Crippen LogP contribution in [0.5, 0.6) is 0 Å². The standard InChI is InChI=1S/C15H28N2O3/c1-11(2)9-16(10-12(3)4)15(20)17-8-6-5-7-13(17)14(18)19/h11-13H,5-10H2,1-4H3,(H,18,19). The molecule has 0 aromatic carbocycles. The lowest BCUT2D eigenvalue weighted by molar-refractivity contribution is -0.143. The van der Waals surface area contributed by atoms with Crippen molar-refractivity contribution in [2.24, 2.45) is 11.8 Å². The molecule has 0 aromatic rings. The van der Waals surface area contributed by atoms with E-state index >= 15 is 0 Å². The first kappa shape index (κ1) is 16.8. The molecule has 0 aliphatic carbocycles. The van der Waals surface area contributed by atoms with E-state index in [1.807, 2.05) is 4.90 Å². The van der Waals surface area contributed by atoms with E-state index in [4.69, 9.17) is 0 Å². The number of carboxylic acid groups (broad SMARTS) is 1. The van der Waals surface area contributed by atoms with Crippen LogP contribution in [-0.2, 0) is 4.79 Å². The molecule has 1 aliphatic heterocycles. The zero-order valence-corrected chi connectivity index (χ0v) is 13.1. The molecule has 1 fully saturated rings. The molecule has 0 spiro atoms. The number of piperidine rings is 1. The van der Waals surface area contributed by atoms with Gasteiger partial charge in [-0.05, 0) is 31.1 Å². The normalized spacial score (nSPS) is 19.5. The molecule has 1 unspecified atom stereocenters. The molecule has 1 N–H and O–H groups in total. The quantitative estimate of drug-likeness (QED) is 0.844. The Bertz CT molecular complexity index is 332. The van der Waals surface area contributed by atoms with Crippen LogP contribution in [0.4, 0.5) is 4.79 Å².